The second-order valence-electron chi connectivity index (χ2n) is 11.4. The molecule has 1 saturated heterocycles. The number of carboxylic acids is 1. The minimum Gasteiger partial charge on any atom is -0.480 e. The Balaban J connectivity index is 0. The summed E-state index contributed by atoms with van der Waals surface area (Å²) in [5.41, 5.74) is -0.0238. The highest BCUT2D eigenvalue weighted by atomic mass is 32.2. The number of hydrogen-bond acceptors (Lipinski definition) is 7. The van der Waals surface area contributed by atoms with Gasteiger partial charge in [0.2, 0.25) is 12.3 Å². The summed E-state index contributed by atoms with van der Waals surface area (Å²) in [6, 6.07) is 4.37. The Labute approximate surface area is 270 Å². The number of hydrogen-bond donors (Lipinski definition) is 4. The second kappa shape index (κ2) is 24.5. The summed E-state index contributed by atoms with van der Waals surface area (Å²) in [7, 11) is 2.01. The van der Waals surface area contributed by atoms with Crippen LogP contribution in [0.15, 0.2) is 29.4 Å². The van der Waals surface area contributed by atoms with Gasteiger partial charge in [0.05, 0.1) is 0 Å². The molecular formula is C32H60N6O5S. The van der Waals surface area contributed by atoms with Gasteiger partial charge < -0.3 is 26.0 Å². The molecule has 4 N–H and O–H groups in total. The van der Waals surface area contributed by atoms with E-state index in [1.807, 2.05) is 52.9 Å². The van der Waals surface area contributed by atoms with E-state index in [0.717, 1.165) is 18.0 Å². The van der Waals surface area contributed by atoms with Gasteiger partial charge in [-0.3, -0.25) is 9.59 Å². The van der Waals surface area contributed by atoms with Gasteiger partial charge >= 0.3 is 12.0 Å². The van der Waals surface area contributed by atoms with Crippen molar-refractivity contribution >= 4 is 36.3 Å². The highest BCUT2D eigenvalue weighted by Crippen LogP contribution is 2.24. The highest BCUT2D eigenvalue weighted by molar-refractivity contribution is 7.96. The van der Waals surface area contributed by atoms with Crippen molar-refractivity contribution in [3.05, 3.63) is 24.4 Å². The van der Waals surface area contributed by atoms with E-state index < -0.39 is 18.1 Å². The fourth-order valence-corrected chi connectivity index (χ4v) is 4.68. The summed E-state index contributed by atoms with van der Waals surface area (Å²) in [5.74, 6) is -1.54. The molecule has 44 heavy (non-hydrogen) atoms. The summed E-state index contributed by atoms with van der Waals surface area (Å²) in [6.07, 6.45) is 5.72. The number of amides is 4. The first-order valence-electron chi connectivity index (χ1n) is 15.8. The summed E-state index contributed by atoms with van der Waals surface area (Å²) in [5, 5.41) is 18.4. The van der Waals surface area contributed by atoms with Gasteiger partial charge in [0, 0.05) is 31.9 Å². The van der Waals surface area contributed by atoms with E-state index in [2.05, 4.69) is 59.9 Å². The normalized spacial score (nSPS) is 15.9. The van der Waals surface area contributed by atoms with Crippen LogP contribution in [0.4, 0.5) is 4.79 Å². The molecule has 254 valence electrons. The van der Waals surface area contributed by atoms with Crippen LogP contribution in [0, 0.1) is 11.3 Å². The van der Waals surface area contributed by atoms with Gasteiger partial charge in [-0.2, -0.15) is 0 Å². The van der Waals surface area contributed by atoms with Crippen LogP contribution in [-0.2, 0) is 14.4 Å². The van der Waals surface area contributed by atoms with E-state index in [1.54, 1.807) is 25.1 Å². The molecule has 2 rings (SSSR count). The Morgan fingerprint density at radius 3 is 2.23 bits per heavy atom. The number of aromatic nitrogens is 1. The number of urea groups is 1. The van der Waals surface area contributed by atoms with Crippen LogP contribution in [-0.4, -0.2) is 88.4 Å². The third kappa shape index (κ3) is 18.1. The Morgan fingerprint density at radius 2 is 1.77 bits per heavy atom. The van der Waals surface area contributed by atoms with Crippen molar-refractivity contribution in [2.45, 2.75) is 118 Å². The number of likely N-dealkylation sites (tertiary alicyclic amines) is 1. The molecule has 12 heteroatoms. The van der Waals surface area contributed by atoms with Crippen LogP contribution in [0.5, 0.6) is 0 Å². The average molecular weight is 641 g/mol. The van der Waals surface area contributed by atoms with E-state index >= 15 is 0 Å². The zero-order chi connectivity index (χ0) is 34.3. The average Bonchev–Trinajstić information content (AvgIpc) is 3.46. The van der Waals surface area contributed by atoms with Gasteiger partial charge in [0.1, 0.15) is 17.1 Å². The molecule has 1 aliphatic heterocycles. The highest BCUT2D eigenvalue weighted by Gasteiger charge is 2.33. The van der Waals surface area contributed by atoms with Crippen LogP contribution in [0.2, 0.25) is 0 Å². The van der Waals surface area contributed by atoms with Gasteiger partial charge in [0.15, 0.2) is 0 Å². The van der Waals surface area contributed by atoms with Gasteiger partial charge in [0.25, 0.3) is 0 Å². The lowest BCUT2D eigenvalue weighted by Gasteiger charge is -2.34. The molecule has 11 nitrogen and oxygen atoms in total. The number of likely N-dealkylation sites (N-methyl/N-ethyl adjacent to an activating group) is 1. The predicted octanol–water partition coefficient (Wildman–Crippen LogP) is 5.42. The number of carboxylic acid groups (broad SMARTS) is 1. The van der Waals surface area contributed by atoms with E-state index in [-0.39, 0.29) is 29.3 Å². The molecule has 4 amide bonds. The summed E-state index contributed by atoms with van der Waals surface area (Å²) in [4.78, 5) is 51.3. The maximum absolute atomic E-state index is 12.0. The maximum atomic E-state index is 12.0. The molecule has 4 atom stereocenters. The van der Waals surface area contributed by atoms with Crippen LogP contribution in [0.1, 0.15) is 94.9 Å². The molecule has 3 unspecified atom stereocenters. The molecule has 1 aromatic heterocycles. The predicted molar refractivity (Wildman–Crippen MR) is 180 cm³/mol. The molecule has 1 fully saturated rings. The van der Waals surface area contributed by atoms with Crippen LogP contribution in [0.3, 0.4) is 0 Å². The number of carbonyl (C=O) groups excluding carboxylic acids is 3. The van der Waals surface area contributed by atoms with Crippen molar-refractivity contribution in [1.82, 2.24) is 30.1 Å². The molecule has 0 saturated carbocycles. The summed E-state index contributed by atoms with van der Waals surface area (Å²) >= 11 is 1.58. The first-order valence-corrected chi connectivity index (χ1v) is 16.6. The van der Waals surface area contributed by atoms with Gasteiger partial charge in [-0.15, -0.1) is 0 Å². The van der Waals surface area contributed by atoms with E-state index in [0.29, 0.717) is 32.3 Å². The Kier molecular flexibility index (Phi) is 24.1. The third-order valence-corrected chi connectivity index (χ3v) is 7.41. The van der Waals surface area contributed by atoms with Crippen LogP contribution >= 0.6 is 11.9 Å². The number of rotatable bonds is 12. The topological polar surface area (TPSA) is 144 Å². The fraction of sp³-hybridized carbons (Fsp3) is 0.719. The first-order chi connectivity index (χ1) is 20.7. The van der Waals surface area contributed by atoms with Crippen molar-refractivity contribution in [3.63, 3.8) is 0 Å². The Bertz CT molecular complexity index is 931. The lowest BCUT2D eigenvalue weighted by molar-refractivity contribution is -0.144. The third-order valence-electron chi connectivity index (χ3n) is 6.52. The number of nitrogens with one attached hydrogen (secondary N) is 3. The van der Waals surface area contributed by atoms with Crippen molar-refractivity contribution < 1.29 is 24.3 Å². The van der Waals surface area contributed by atoms with Gasteiger partial charge in [-0.25, -0.2) is 18.9 Å². The number of aliphatic carboxylic acids is 1. The summed E-state index contributed by atoms with van der Waals surface area (Å²) < 4.78 is 2.10. The second-order valence-corrected chi connectivity index (χ2v) is 12.6. The molecular weight excluding hydrogens is 580 g/mol. The van der Waals surface area contributed by atoms with Crippen molar-refractivity contribution in [3.8, 4) is 0 Å². The lowest BCUT2D eigenvalue weighted by Crippen LogP contribution is -2.52. The minimum atomic E-state index is -1.03. The minimum absolute atomic E-state index is 0.0238. The van der Waals surface area contributed by atoms with Crippen molar-refractivity contribution in [1.29, 1.82) is 0 Å². The standard InChI is InChI=1S/C15H26N4OS.C12H20N2O4.C3H8.C2H6/c1-6-16-14(20)18-12(15(2,3)4)11-19(5)21-13-9-7-8-10-17-13;1-3-8(2)10(12(17)18)13-11(16)9-5-4-6-14(9)7-15;1-3-2;1-2/h7-10,12H,6,11H2,1-5H3,(H2,16,18,20);7-10H,3-6H2,1-2H3,(H,13,16)(H,17,18);3H2,1-2H3;1-2H3/t;8?,9-,10?;;/m.0../s1. The van der Waals surface area contributed by atoms with Gasteiger partial charge in [-0.1, -0.05) is 81.2 Å². The molecule has 0 bridgehead atoms. The molecule has 0 radical (unpaired) electrons. The SMILES string of the molecule is CC.CCC.CCC(C)C(NC(=O)[C@@H]1CCCN1C=O)C(=O)O.CCNC(=O)NC(CN(C)Sc1ccccn1)C(C)(C)C. The maximum Gasteiger partial charge on any atom is 0.326 e. The number of pyridine rings is 1. The molecule has 2 heterocycles. The van der Waals surface area contributed by atoms with E-state index in [9.17, 15) is 19.2 Å². The van der Waals surface area contributed by atoms with Crippen molar-refractivity contribution in [2.24, 2.45) is 11.3 Å². The number of nitrogens with zero attached hydrogens (tertiary/aromatic N) is 3. The Morgan fingerprint density at radius 1 is 1.16 bits per heavy atom. The quantitative estimate of drug-likeness (QED) is 0.175. The van der Waals surface area contributed by atoms with Crippen LogP contribution in [0.25, 0.3) is 0 Å². The van der Waals surface area contributed by atoms with Gasteiger partial charge in [-0.05, 0) is 62.2 Å². The smallest absolute Gasteiger partial charge is 0.326 e. The van der Waals surface area contributed by atoms with Crippen LogP contribution < -0.4 is 16.0 Å². The zero-order valence-electron chi connectivity index (χ0n) is 29.0. The molecule has 1 aliphatic rings. The summed E-state index contributed by atoms with van der Waals surface area (Å²) in [6.45, 7) is 22.1. The first kappa shape index (κ1) is 43.3. The molecule has 0 aliphatic carbocycles. The molecule has 0 spiro atoms. The Hall–Kier alpha value is -2.86. The molecule has 1 aromatic rings. The van der Waals surface area contributed by atoms with E-state index in [4.69, 9.17) is 5.11 Å². The largest absolute Gasteiger partial charge is 0.480 e. The van der Waals surface area contributed by atoms with Crippen molar-refractivity contribution in [2.75, 3.05) is 26.7 Å². The zero-order valence-corrected chi connectivity index (χ0v) is 29.8. The number of carbonyl (C=O) groups is 4. The molecule has 0 aromatic carbocycles. The fourth-order valence-electron chi connectivity index (χ4n) is 3.89. The van der Waals surface area contributed by atoms with E-state index in [1.165, 1.54) is 11.3 Å². The lowest BCUT2D eigenvalue weighted by atomic mass is 9.87. The monoisotopic (exact) mass is 640 g/mol.